The van der Waals surface area contributed by atoms with Crippen molar-refractivity contribution >= 4 is 34.5 Å². The molecule has 1 unspecified atom stereocenters. The lowest BCUT2D eigenvalue weighted by atomic mass is 9.95. The van der Waals surface area contributed by atoms with Gasteiger partial charge in [0.1, 0.15) is 0 Å². The molecule has 1 aliphatic heterocycles. The van der Waals surface area contributed by atoms with Gasteiger partial charge in [-0.15, -0.1) is 0 Å². The standard InChI is InChI=1S/C23H23ClN4O2S/c1-14-5-4-6-17(13-14)21-26-22(30-27-21)19-15(2)28(11-12-29-3)23(31)25-20(19)16-7-9-18(24)10-8-16/h4-10,13,20H,11-12H2,1-3H3,(H,25,31). The number of nitrogens with one attached hydrogen (secondary N) is 1. The maximum absolute atomic E-state index is 6.10. The number of ether oxygens (including phenoxy) is 1. The highest BCUT2D eigenvalue weighted by molar-refractivity contribution is 7.80. The lowest BCUT2D eigenvalue weighted by Gasteiger charge is -2.37. The van der Waals surface area contributed by atoms with Crippen LogP contribution in [0.2, 0.25) is 5.02 Å². The minimum Gasteiger partial charge on any atom is -0.383 e. The summed E-state index contributed by atoms with van der Waals surface area (Å²) in [5.74, 6) is 0.997. The molecular formula is C23H23ClN4O2S. The van der Waals surface area contributed by atoms with Crippen LogP contribution >= 0.6 is 23.8 Å². The predicted octanol–water partition coefficient (Wildman–Crippen LogP) is 5.01. The molecule has 0 bridgehead atoms. The molecule has 0 saturated heterocycles. The molecule has 160 valence electrons. The molecular weight excluding hydrogens is 432 g/mol. The number of allylic oxidation sites excluding steroid dienone is 1. The number of halogens is 1. The van der Waals surface area contributed by atoms with E-state index in [-0.39, 0.29) is 6.04 Å². The smallest absolute Gasteiger partial charge is 0.258 e. The summed E-state index contributed by atoms with van der Waals surface area (Å²) in [5, 5.41) is 8.96. The molecule has 31 heavy (non-hydrogen) atoms. The Morgan fingerprint density at radius 1 is 1.19 bits per heavy atom. The van der Waals surface area contributed by atoms with E-state index in [0.29, 0.717) is 35.0 Å². The Morgan fingerprint density at radius 2 is 1.97 bits per heavy atom. The highest BCUT2D eigenvalue weighted by Crippen LogP contribution is 2.37. The summed E-state index contributed by atoms with van der Waals surface area (Å²) in [5.41, 5.74) is 4.86. The van der Waals surface area contributed by atoms with Crippen LogP contribution in [0.25, 0.3) is 17.0 Å². The van der Waals surface area contributed by atoms with E-state index >= 15 is 0 Å². The van der Waals surface area contributed by atoms with Crippen LogP contribution in [0.3, 0.4) is 0 Å². The van der Waals surface area contributed by atoms with Gasteiger partial charge in [0.05, 0.1) is 18.2 Å². The average molecular weight is 455 g/mol. The van der Waals surface area contributed by atoms with Crippen molar-refractivity contribution in [1.82, 2.24) is 20.4 Å². The molecule has 1 atom stereocenters. The highest BCUT2D eigenvalue weighted by Gasteiger charge is 2.33. The van der Waals surface area contributed by atoms with Gasteiger partial charge >= 0.3 is 0 Å². The van der Waals surface area contributed by atoms with Crippen LogP contribution in [0.4, 0.5) is 0 Å². The van der Waals surface area contributed by atoms with Crippen molar-refractivity contribution in [3.63, 3.8) is 0 Å². The molecule has 0 fully saturated rings. The Morgan fingerprint density at radius 3 is 2.68 bits per heavy atom. The van der Waals surface area contributed by atoms with E-state index in [4.69, 9.17) is 38.1 Å². The topological polar surface area (TPSA) is 63.4 Å². The predicted molar refractivity (Wildman–Crippen MR) is 126 cm³/mol. The second-order valence-electron chi connectivity index (χ2n) is 7.37. The second-order valence-corrected chi connectivity index (χ2v) is 8.19. The number of hydrogen-bond donors (Lipinski definition) is 1. The molecule has 4 rings (SSSR count). The molecule has 1 N–H and O–H groups in total. The molecule has 1 aliphatic rings. The Balaban J connectivity index is 1.80. The summed E-state index contributed by atoms with van der Waals surface area (Å²) < 4.78 is 11.0. The highest BCUT2D eigenvalue weighted by atomic mass is 35.5. The Labute approximate surface area is 191 Å². The van der Waals surface area contributed by atoms with Gasteiger partial charge in [-0.1, -0.05) is 52.7 Å². The number of hydrogen-bond acceptors (Lipinski definition) is 5. The van der Waals surface area contributed by atoms with Crippen LogP contribution in [-0.4, -0.2) is 40.4 Å². The lowest BCUT2D eigenvalue weighted by Crippen LogP contribution is -2.47. The molecule has 8 heteroatoms. The van der Waals surface area contributed by atoms with Crippen molar-refractivity contribution in [2.24, 2.45) is 0 Å². The third-order valence-electron chi connectivity index (χ3n) is 5.25. The van der Waals surface area contributed by atoms with Crippen LogP contribution in [0, 0.1) is 6.92 Å². The monoisotopic (exact) mass is 454 g/mol. The van der Waals surface area contributed by atoms with E-state index in [9.17, 15) is 0 Å². The van der Waals surface area contributed by atoms with E-state index in [2.05, 4.69) is 10.5 Å². The van der Waals surface area contributed by atoms with Crippen LogP contribution in [0.1, 0.15) is 30.0 Å². The Bertz CT molecular complexity index is 1130. The van der Waals surface area contributed by atoms with Crippen molar-refractivity contribution in [1.29, 1.82) is 0 Å². The zero-order valence-electron chi connectivity index (χ0n) is 17.6. The molecule has 1 aromatic heterocycles. The number of benzene rings is 2. The zero-order valence-corrected chi connectivity index (χ0v) is 19.1. The number of thiocarbonyl (C=S) groups is 1. The normalized spacial score (nSPS) is 16.6. The lowest BCUT2D eigenvalue weighted by molar-refractivity contribution is 0.183. The second kappa shape index (κ2) is 9.18. The quantitative estimate of drug-likeness (QED) is 0.525. The van der Waals surface area contributed by atoms with Crippen molar-refractivity contribution in [2.75, 3.05) is 20.3 Å². The fourth-order valence-corrected chi connectivity index (χ4v) is 4.12. The van der Waals surface area contributed by atoms with Gasteiger partial charge in [0.25, 0.3) is 5.89 Å². The van der Waals surface area contributed by atoms with Gasteiger partial charge in [0.2, 0.25) is 5.82 Å². The number of methoxy groups -OCH3 is 1. The molecule has 0 aliphatic carbocycles. The third kappa shape index (κ3) is 4.49. The first kappa shape index (κ1) is 21.5. The first-order valence-electron chi connectivity index (χ1n) is 9.92. The first-order valence-corrected chi connectivity index (χ1v) is 10.7. The summed E-state index contributed by atoms with van der Waals surface area (Å²) in [6.45, 7) is 5.20. The van der Waals surface area contributed by atoms with E-state index in [1.165, 1.54) is 0 Å². The van der Waals surface area contributed by atoms with Crippen molar-refractivity contribution in [2.45, 2.75) is 19.9 Å². The molecule has 6 nitrogen and oxygen atoms in total. The number of rotatable bonds is 6. The van der Waals surface area contributed by atoms with E-state index < -0.39 is 0 Å². The largest absolute Gasteiger partial charge is 0.383 e. The van der Waals surface area contributed by atoms with Crippen LogP contribution in [-0.2, 0) is 4.74 Å². The first-order chi connectivity index (χ1) is 15.0. The third-order valence-corrected chi connectivity index (χ3v) is 5.84. The Kier molecular flexibility index (Phi) is 6.36. The summed E-state index contributed by atoms with van der Waals surface area (Å²) >= 11 is 11.8. The maximum atomic E-state index is 6.10. The molecule has 0 saturated carbocycles. The van der Waals surface area contributed by atoms with Crippen molar-refractivity contribution < 1.29 is 9.26 Å². The van der Waals surface area contributed by atoms with Crippen LogP contribution in [0.15, 0.2) is 58.8 Å². The summed E-state index contributed by atoms with van der Waals surface area (Å²) in [4.78, 5) is 6.72. The number of aromatic nitrogens is 2. The van der Waals surface area contributed by atoms with E-state index in [1.54, 1.807) is 7.11 Å². The average Bonchev–Trinajstić information content (AvgIpc) is 3.23. The van der Waals surface area contributed by atoms with Crippen molar-refractivity contribution in [3.8, 4) is 11.4 Å². The van der Waals surface area contributed by atoms with Crippen LogP contribution < -0.4 is 5.32 Å². The minimum absolute atomic E-state index is 0.241. The number of aryl methyl sites for hydroxylation is 1. The number of nitrogens with zero attached hydrogens (tertiary/aromatic N) is 3. The molecule has 0 amide bonds. The van der Waals surface area contributed by atoms with Gasteiger partial charge in [-0.2, -0.15) is 4.98 Å². The van der Waals surface area contributed by atoms with Crippen LogP contribution in [0.5, 0.6) is 0 Å². The maximum Gasteiger partial charge on any atom is 0.258 e. The van der Waals surface area contributed by atoms with Gasteiger partial charge in [-0.3, -0.25) is 0 Å². The summed E-state index contributed by atoms with van der Waals surface area (Å²) in [7, 11) is 1.67. The van der Waals surface area contributed by atoms with Gasteiger partial charge in [0, 0.05) is 29.9 Å². The summed E-state index contributed by atoms with van der Waals surface area (Å²) in [6.07, 6.45) is 0. The molecule has 2 aromatic carbocycles. The SMILES string of the molecule is COCCN1C(=S)NC(c2ccc(Cl)cc2)C(c2nc(-c3cccc(C)c3)no2)=C1C. The zero-order chi connectivity index (χ0) is 22.0. The minimum atomic E-state index is -0.241. The van der Waals surface area contributed by atoms with E-state index in [1.807, 2.05) is 67.3 Å². The Hall–Kier alpha value is -2.74. The fraction of sp³-hybridized carbons (Fsp3) is 0.261. The molecule has 0 spiro atoms. The molecule has 2 heterocycles. The van der Waals surface area contributed by atoms with Gasteiger partial charge in [-0.25, -0.2) is 0 Å². The van der Waals surface area contributed by atoms with E-state index in [0.717, 1.165) is 28.0 Å². The van der Waals surface area contributed by atoms with Gasteiger partial charge in [-0.05, 0) is 49.8 Å². The molecule has 0 radical (unpaired) electrons. The molecule has 3 aromatic rings. The fourth-order valence-electron chi connectivity index (χ4n) is 3.65. The summed E-state index contributed by atoms with van der Waals surface area (Å²) in [6, 6.07) is 15.4. The van der Waals surface area contributed by atoms with Crippen molar-refractivity contribution in [3.05, 3.63) is 76.3 Å². The van der Waals surface area contributed by atoms with Gasteiger partial charge in [0.15, 0.2) is 5.11 Å². The van der Waals surface area contributed by atoms with Gasteiger partial charge < -0.3 is 19.5 Å².